The molecule has 0 amide bonds. The van der Waals surface area contributed by atoms with Crippen LogP contribution in [0.25, 0.3) is 11.3 Å². The molecule has 0 atom stereocenters. The van der Waals surface area contributed by atoms with Gasteiger partial charge in [-0.05, 0) is 6.07 Å². The van der Waals surface area contributed by atoms with E-state index in [1.165, 1.54) is 23.1 Å². The number of aromatic nitrogens is 3. The van der Waals surface area contributed by atoms with Crippen LogP contribution in [0, 0.1) is 5.82 Å². The van der Waals surface area contributed by atoms with Crippen LogP contribution in [-0.4, -0.2) is 35.2 Å². The van der Waals surface area contributed by atoms with E-state index in [2.05, 4.69) is 10.1 Å². The van der Waals surface area contributed by atoms with Gasteiger partial charge in [0.2, 0.25) is 0 Å². The molecule has 102 valence electrons. The van der Waals surface area contributed by atoms with Crippen LogP contribution in [0.1, 0.15) is 0 Å². The van der Waals surface area contributed by atoms with Gasteiger partial charge in [-0.3, -0.25) is 9.67 Å². The molecule has 0 radical (unpaired) electrons. The first-order chi connectivity index (χ1) is 8.85. The molecule has 2 N–H and O–H groups in total. The van der Waals surface area contributed by atoms with Crippen LogP contribution in [0.3, 0.4) is 0 Å². The van der Waals surface area contributed by atoms with Gasteiger partial charge < -0.3 is 5.73 Å². The molecule has 2 aromatic rings. The minimum atomic E-state index is -3.07. The minimum Gasteiger partial charge on any atom is -0.396 e. The Bertz CT molecular complexity index is 696. The normalized spacial score (nSPS) is 11.7. The standard InChI is InChI=1S/C11H13FN4O2S/c1-19(17,18)3-2-16-7-10(13)11(15-16)8-4-9(12)6-14-5-8/h4-7H,2-3,13H2,1H3. The van der Waals surface area contributed by atoms with Crippen LogP contribution < -0.4 is 5.73 Å². The number of halogens is 1. The topological polar surface area (TPSA) is 90.9 Å². The van der Waals surface area contributed by atoms with Crippen molar-refractivity contribution in [2.24, 2.45) is 0 Å². The van der Waals surface area contributed by atoms with Crippen LogP contribution in [-0.2, 0) is 16.4 Å². The fraction of sp³-hybridized carbons (Fsp3) is 0.273. The number of hydrogen-bond acceptors (Lipinski definition) is 5. The number of anilines is 1. The predicted molar refractivity (Wildman–Crippen MR) is 69.5 cm³/mol. The molecule has 0 saturated carbocycles. The summed E-state index contributed by atoms with van der Waals surface area (Å²) in [5.41, 5.74) is 6.97. The van der Waals surface area contributed by atoms with Gasteiger partial charge in [-0.2, -0.15) is 5.10 Å². The summed E-state index contributed by atoms with van der Waals surface area (Å²) >= 11 is 0. The van der Waals surface area contributed by atoms with Crippen molar-refractivity contribution in [2.45, 2.75) is 6.54 Å². The van der Waals surface area contributed by atoms with Gasteiger partial charge in [0.25, 0.3) is 0 Å². The highest BCUT2D eigenvalue weighted by atomic mass is 32.2. The summed E-state index contributed by atoms with van der Waals surface area (Å²) in [6.45, 7) is 0.200. The second kappa shape index (κ2) is 4.96. The fourth-order valence-corrected chi connectivity index (χ4v) is 2.10. The van der Waals surface area contributed by atoms with Gasteiger partial charge in [-0.25, -0.2) is 12.8 Å². The lowest BCUT2D eigenvalue weighted by molar-refractivity contribution is 0.586. The number of pyridine rings is 1. The number of sulfone groups is 1. The van der Waals surface area contributed by atoms with E-state index in [-0.39, 0.29) is 12.3 Å². The van der Waals surface area contributed by atoms with E-state index in [0.717, 1.165) is 12.5 Å². The zero-order valence-electron chi connectivity index (χ0n) is 10.2. The lowest BCUT2D eigenvalue weighted by atomic mass is 10.2. The number of rotatable bonds is 4. The molecule has 8 heteroatoms. The van der Waals surface area contributed by atoms with Crippen molar-refractivity contribution in [3.8, 4) is 11.3 Å². The lowest BCUT2D eigenvalue weighted by Gasteiger charge is -1.99. The number of hydrogen-bond donors (Lipinski definition) is 1. The Hall–Kier alpha value is -1.96. The molecule has 0 unspecified atom stereocenters. The van der Waals surface area contributed by atoms with Gasteiger partial charge in [0, 0.05) is 24.2 Å². The number of nitrogens with two attached hydrogens (primary N) is 1. The number of nitrogen functional groups attached to an aromatic ring is 1. The van der Waals surface area contributed by atoms with Gasteiger partial charge in [0.15, 0.2) is 0 Å². The zero-order valence-corrected chi connectivity index (χ0v) is 11.1. The largest absolute Gasteiger partial charge is 0.396 e. The zero-order chi connectivity index (χ0) is 14.0. The van der Waals surface area contributed by atoms with Crippen molar-refractivity contribution in [3.63, 3.8) is 0 Å². The van der Waals surface area contributed by atoms with E-state index in [1.807, 2.05) is 0 Å². The summed E-state index contributed by atoms with van der Waals surface area (Å²) in [4.78, 5) is 3.72. The third kappa shape index (κ3) is 3.50. The molecule has 0 bridgehead atoms. The molecule has 0 aromatic carbocycles. The Kier molecular flexibility index (Phi) is 3.52. The quantitative estimate of drug-likeness (QED) is 0.893. The summed E-state index contributed by atoms with van der Waals surface area (Å²) in [7, 11) is -3.07. The predicted octanol–water partition coefficient (Wildman–Crippen LogP) is 0.711. The smallest absolute Gasteiger partial charge is 0.149 e. The highest BCUT2D eigenvalue weighted by Crippen LogP contribution is 2.23. The van der Waals surface area contributed by atoms with Crippen molar-refractivity contribution in [3.05, 3.63) is 30.5 Å². The average molecular weight is 284 g/mol. The Labute approximate surface area is 110 Å². The molecule has 2 rings (SSSR count). The van der Waals surface area contributed by atoms with Crippen molar-refractivity contribution >= 4 is 15.5 Å². The first kappa shape index (κ1) is 13.5. The second-order valence-electron chi connectivity index (χ2n) is 4.22. The molecule has 0 aliphatic carbocycles. The van der Waals surface area contributed by atoms with Crippen LogP contribution in [0.5, 0.6) is 0 Å². The van der Waals surface area contributed by atoms with Crippen LogP contribution in [0.15, 0.2) is 24.7 Å². The lowest BCUT2D eigenvalue weighted by Crippen LogP contribution is -2.11. The molecule has 0 aliphatic rings. The summed E-state index contributed by atoms with van der Waals surface area (Å²) in [5.74, 6) is -0.516. The molecule has 2 heterocycles. The van der Waals surface area contributed by atoms with Gasteiger partial charge in [-0.1, -0.05) is 0 Å². The minimum absolute atomic E-state index is 0.0328. The molecule has 6 nitrogen and oxygen atoms in total. The van der Waals surface area contributed by atoms with E-state index in [4.69, 9.17) is 5.73 Å². The third-order valence-electron chi connectivity index (χ3n) is 2.46. The summed E-state index contributed by atoms with van der Waals surface area (Å²) < 4.78 is 36.7. The SMILES string of the molecule is CS(=O)(=O)CCn1cc(N)c(-c2cncc(F)c2)n1. The maximum Gasteiger partial charge on any atom is 0.149 e. The third-order valence-corrected chi connectivity index (χ3v) is 3.38. The fourth-order valence-electron chi connectivity index (χ4n) is 1.58. The Morgan fingerprint density at radius 3 is 2.79 bits per heavy atom. The van der Waals surface area contributed by atoms with Crippen molar-refractivity contribution < 1.29 is 12.8 Å². The maximum absolute atomic E-state index is 13.1. The molecular weight excluding hydrogens is 271 g/mol. The molecule has 0 spiro atoms. The van der Waals surface area contributed by atoms with E-state index in [1.54, 1.807) is 0 Å². The summed E-state index contributed by atoms with van der Waals surface area (Å²) in [5, 5.41) is 4.14. The summed E-state index contributed by atoms with van der Waals surface area (Å²) in [6, 6.07) is 1.27. The van der Waals surface area contributed by atoms with Crippen molar-refractivity contribution in [2.75, 3.05) is 17.7 Å². The van der Waals surface area contributed by atoms with E-state index in [0.29, 0.717) is 16.9 Å². The molecule has 0 saturated heterocycles. The monoisotopic (exact) mass is 284 g/mol. The van der Waals surface area contributed by atoms with Crippen molar-refractivity contribution in [1.82, 2.24) is 14.8 Å². The molecular formula is C11H13FN4O2S. The van der Waals surface area contributed by atoms with Gasteiger partial charge in [0.1, 0.15) is 21.3 Å². The highest BCUT2D eigenvalue weighted by Gasteiger charge is 2.11. The second-order valence-corrected chi connectivity index (χ2v) is 6.48. The molecule has 2 aromatic heterocycles. The summed E-state index contributed by atoms with van der Waals surface area (Å²) in [6.07, 6.45) is 5.20. The Balaban J connectivity index is 2.26. The Morgan fingerprint density at radius 2 is 2.16 bits per heavy atom. The molecule has 0 fully saturated rings. The van der Waals surface area contributed by atoms with Crippen LogP contribution in [0.2, 0.25) is 0 Å². The van der Waals surface area contributed by atoms with Crippen molar-refractivity contribution in [1.29, 1.82) is 0 Å². The van der Waals surface area contributed by atoms with Gasteiger partial charge in [0.05, 0.1) is 24.2 Å². The highest BCUT2D eigenvalue weighted by molar-refractivity contribution is 7.90. The van der Waals surface area contributed by atoms with Crippen LogP contribution >= 0.6 is 0 Å². The molecule has 0 aliphatic heterocycles. The average Bonchev–Trinajstić information content (AvgIpc) is 2.67. The first-order valence-electron chi connectivity index (χ1n) is 5.47. The number of nitrogens with zero attached hydrogens (tertiary/aromatic N) is 3. The molecule has 19 heavy (non-hydrogen) atoms. The van der Waals surface area contributed by atoms with E-state index >= 15 is 0 Å². The maximum atomic E-state index is 13.1. The van der Waals surface area contributed by atoms with Gasteiger partial charge in [-0.15, -0.1) is 0 Å². The Morgan fingerprint density at radius 1 is 1.42 bits per heavy atom. The van der Waals surface area contributed by atoms with Crippen LogP contribution in [0.4, 0.5) is 10.1 Å². The van der Waals surface area contributed by atoms with E-state index in [9.17, 15) is 12.8 Å². The first-order valence-corrected chi connectivity index (χ1v) is 7.53. The number of aryl methyl sites for hydroxylation is 1. The van der Waals surface area contributed by atoms with Gasteiger partial charge >= 0.3 is 0 Å². The van der Waals surface area contributed by atoms with E-state index < -0.39 is 15.7 Å².